The number of hydrogen-bond acceptors (Lipinski definition) is 5. The average molecular weight is 405 g/mol. The molecule has 2 aromatic rings. The molecule has 9 heteroatoms. The van der Waals surface area contributed by atoms with Crippen molar-refractivity contribution in [2.45, 2.75) is 23.0 Å². The standard InChI is InChI=1S/C19H20FN3O4S/c20-15-5-7-16(8-6-15)28(26,27)17(14-4-3-9-21-12-14)13-22-18(24)19(25)23-10-1-2-11-23/h3-9,12,17H,1-2,10-11,13H2,(H,22,24)/t17-/m0/s1. The van der Waals surface area contributed by atoms with Crippen LogP contribution in [0.4, 0.5) is 4.39 Å². The van der Waals surface area contributed by atoms with Gasteiger partial charge in [-0.15, -0.1) is 0 Å². The van der Waals surface area contributed by atoms with E-state index < -0.39 is 32.7 Å². The molecule has 2 heterocycles. The van der Waals surface area contributed by atoms with Crippen molar-refractivity contribution in [3.05, 3.63) is 60.2 Å². The third-order valence-corrected chi connectivity index (χ3v) is 6.73. The van der Waals surface area contributed by atoms with Gasteiger partial charge in [0.2, 0.25) is 0 Å². The van der Waals surface area contributed by atoms with Gasteiger partial charge >= 0.3 is 11.8 Å². The molecule has 1 aliphatic rings. The zero-order valence-electron chi connectivity index (χ0n) is 15.0. The van der Waals surface area contributed by atoms with E-state index in [2.05, 4.69) is 10.3 Å². The predicted octanol–water partition coefficient (Wildman–Crippen LogP) is 1.47. The van der Waals surface area contributed by atoms with Crippen molar-refractivity contribution in [2.75, 3.05) is 19.6 Å². The lowest BCUT2D eigenvalue weighted by Gasteiger charge is -2.20. The third kappa shape index (κ3) is 4.36. The molecule has 148 valence electrons. The van der Waals surface area contributed by atoms with E-state index in [1.54, 1.807) is 12.1 Å². The molecule has 3 rings (SSSR count). The summed E-state index contributed by atoms with van der Waals surface area (Å²) in [5.41, 5.74) is 0.362. The second-order valence-corrected chi connectivity index (χ2v) is 8.61. The first kappa shape index (κ1) is 19.9. The largest absolute Gasteiger partial charge is 0.346 e. The minimum Gasteiger partial charge on any atom is -0.346 e. The van der Waals surface area contributed by atoms with Gasteiger partial charge in [-0.05, 0) is 48.7 Å². The quantitative estimate of drug-likeness (QED) is 0.600. The molecule has 1 fully saturated rings. The van der Waals surface area contributed by atoms with E-state index >= 15 is 0 Å². The summed E-state index contributed by atoms with van der Waals surface area (Å²) in [6.07, 6.45) is 4.58. The summed E-state index contributed by atoms with van der Waals surface area (Å²) in [5.74, 6) is -2.06. The Morgan fingerprint density at radius 2 is 1.82 bits per heavy atom. The van der Waals surface area contributed by atoms with Crippen molar-refractivity contribution in [1.82, 2.24) is 15.2 Å². The fourth-order valence-electron chi connectivity index (χ4n) is 3.09. The van der Waals surface area contributed by atoms with Crippen LogP contribution in [0.5, 0.6) is 0 Å². The van der Waals surface area contributed by atoms with Crippen LogP contribution in [0, 0.1) is 5.82 Å². The van der Waals surface area contributed by atoms with E-state index in [0.29, 0.717) is 18.7 Å². The van der Waals surface area contributed by atoms with Gasteiger partial charge in [-0.25, -0.2) is 12.8 Å². The summed E-state index contributed by atoms with van der Waals surface area (Å²) in [6, 6.07) is 7.62. The second-order valence-electron chi connectivity index (χ2n) is 6.48. The van der Waals surface area contributed by atoms with Gasteiger partial charge in [-0.1, -0.05) is 6.07 Å². The van der Waals surface area contributed by atoms with Gasteiger partial charge in [0.05, 0.1) is 4.90 Å². The Morgan fingerprint density at radius 3 is 2.43 bits per heavy atom. The zero-order chi connectivity index (χ0) is 20.1. The van der Waals surface area contributed by atoms with Crippen molar-refractivity contribution < 1.29 is 22.4 Å². The Bertz CT molecular complexity index is 943. The van der Waals surface area contributed by atoms with Crippen LogP contribution < -0.4 is 5.32 Å². The molecule has 0 saturated carbocycles. The van der Waals surface area contributed by atoms with Gasteiger partial charge in [0.1, 0.15) is 11.1 Å². The summed E-state index contributed by atoms with van der Waals surface area (Å²) in [6.45, 7) is 0.738. The number of rotatable bonds is 5. The van der Waals surface area contributed by atoms with Gasteiger partial charge in [0.15, 0.2) is 9.84 Å². The van der Waals surface area contributed by atoms with Crippen LogP contribution in [0.1, 0.15) is 23.7 Å². The van der Waals surface area contributed by atoms with Crippen LogP contribution in [0.2, 0.25) is 0 Å². The van der Waals surface area contributed by atoms with E-state index in [4.69, 9.17) is 0 Å². The molecule has 0 aliphatic carbocycles. The molecule has 1 aromatic carbocycles. The normalized spacial score (nSPS) is 15.2. The van der Waals surface area contributed by atoms with Crippen molar-refractivity contribution in [3.8, 4) is 0 Å². The van der Waals surface area contributed by atoms with Crippen LogP contribution in [0.25, 0.3) is 0 Å². The molecule has 1 aliphatic heterocycles. The number of nitrogens with zero attached hydrogens (tertiary/aromatic N) is 2. The Kier molecular flexibility index (Phi) is 6.03. The SMILES string of the molecule is O=C(NC[C@@H](c1cccnc1)S(=O)(=O)c1ccc(F)cc1)C(=O)N1CCCC1. The summed E-state index contributed by atoms with van der Waals surface area (Å²) in [5, 5.41) is 1.27. The van der Waals surface area contributed by atoms with E-state index in [9.17, 15) is 22.4 Å². The lowest BCUT2D eigenvalue weighted by atomic mass is 10.2. The number of halogens is 1. The van der Waals surface area contributed by atoms with Crippen LogP contribution in [0.3, 0.4) is 0 Å². The summed E-state index contributed by atoms with van der Waals surface area (Å²) < 4.78 is 39.4. The van der Waals surface area contributed by atoms with Crippen molar-refractivity contribution in [2.24, 2.45) is 0 Å². The Hall–Kier alpha value is -2.81. The smallest absolute Gasteiger partial charge is 0.311 e. The highest BCUT2D eigenvalue weighted by atomic mass is 32.2. The van der Waals surface area contributed by atoms with Gasteiger partial charge in [-0.2, -0.15) is 0 Å². The molecule has 1 N–H and O–H groups in total. The molecular formula is C19H20FN3O4S. The number of amides is 2. The molecular weight excluding hydrogens is 385 g/mol. The van der Waals surface area contributed by atoms with E-state index in [1.165, 1.54) is 29.4 Å². The number of hydrogen-bond donors (Lipinski definition) is 1. The third-order valence-electron chi connectivity index (χ3n) is 4.61. The number of sulfone groups is 1. The number of aromatic nitrogens is 1. The number of nitrogens with one attached hydrogen (secondary N) is 1. The predicted molar refractivity (Wildman–Crippen MR) is 99.4 cm³/mol. The van der Waals surface area contributed by atoms with Crippen LogP contribution in [-0.2, 0) is 19.4 Å². The molecule has 0 radical (unpaired) electrons. The number of pyridine rings is 1. The number of likely N-dealkylation sites (tertiary alicyclic amines) is 1. The minimum absolute atomic E-state index is 0.0807. The fourth-order valence-corrected chi connectivity index (χ4v) is 4.73. The maximum atomic E-state index is 13.2. The summed E-state index contributed by atoms with van der Waals surface area (Å²) in [7, 11) is -3.96. The first-order chi connectivity index (χ1) is 13.4. The zero-order valence-corrected chi connectivity index (χ0v) is 15.9. The Balaban J connectivity index is 1.82. The highest BCUT2D eigenvalue weighted by Crippen LogP contribution is 2.28. The second kappa shape index (κ2) is 8.47. The monoisotopic (exact) mass is 405 g/mol. The molecule has 1 atom stereocenters. The number of carbonyl (C=O) groups excluding carboxylic acids is 2. The maximum absolute atomic E-state index is 13.2. The lowest BCUT2D eigenvalue weighted by molar-refractivity contribution is -0.145. The van der Waals surface area contributed by atoms with E-state index in [1.807, 2.05) is 0 Å². The van der Waals surface area contributed by atoms with Crippen LogP contribution >= 0.6 is 0 Å². The highest BCUT2D eigenvalue weighted by Gasteiger charge is 2.31. The fraction of sp³-hybridized carbons (Fsp3) is 0.316. The lowest BCUT2D eigenvalue weighted by Crippen LogP contribution is -2.43. The van der Waals surface area contributed by atoms with Crippen LogP contribution in [0.15, 0.2) is 53.7 Å². The topological polar surface area (TPSA) is 96.4 Å². The molecule has 1 saturated heterocycles. The van der Waals surface area contributed by atoms with E-state index in [-0.39, 0.29) is 11.4 Å². The van der Waals surface area contributed by atoms with E-state index in [0.717, 1.165) is 25.0 Å². The number of benzene rings is 1. The van der Waals surface area contributed by atoms with Gasteiger partial charge in [0, 0.05) is 32.0 Å². The molecule has 2 amide bonds. The highest BCUT2D eigenvalue weighted by molar-refractivity contribution is 7.91. The van der Waals surface area contributed by atoms with Gasteiger partial charge < -0.3 is 10.2 Å². The summed E-state index contributed by atoms with van der Waals surface area (Å²) in [4.78, 5) is 29.7. The molecule has 7 nitrogen and oxygen atoms in total. The van der Waals surface area contributed by atoms with Gasteiger partial charge in [0.25, 0.3) is 0 Å². The minimum atomic E-state index is -3.96. The summed E-state index contributed by atoms with van der Waals surface area (Å²) >= 11 is 0. The first-order valence-corrected chi connectivity index (χ1v) is 10.4. The maximum Gasteiger partial charge on any atom is 0.311 e. The van der Waals surface area contributed by atoms with Crippen molar-refractivity contribution >= 4 is 21.7 Å². The van der Waals surface area contributed by atoms with Crippen molar-refractivity contribution in [3.63, 3.8) is 0 Å². The molecule has 28 heavy (non-hydrogen) atoms. The average Bonchev–Trinajstić information content (AvgIpc) is 3.23. The molecule has 1 aromatic heterocycles. The Morgan fingerprint density at radius 1 is 1.14 bits per heavy atom. The molecule has 0 spiro atoms. The first-order valence-electron chi connectivity index (χ1n) is 8.86. The van der Waals surface area contributed by atoms with Gasteiger partial charge in [-0.3, -0.25) is 14.6 Å². The Labute approximate surface area is 162 Å². The molecule has 0 bridgehead atoms. The van der Waals surface area contributed by atoms with Crippen molar-refractivity contribution in [1.29, 1.82) is 0 Å². The van der Waals surface area contributed by atoms with Crippen LogP contribution in [-0.4, -0.2) is 49.8 Å². The number of carbonyl (C=O) groups is 2. The molecule has 0 unspecified atom stereocenters.